The number of aryl methyl sites for hydroxylation is 2. The molecule has 2 aromatic carbocycles. The van der Waals surface area contributed by atoms with Crippen molar-refractivity contribution in [3.8, 4) is 11.5 Å². The van der Waals surface area contributed by atoms with E-state index in [1.165, 1.54) is 0 Å². The summed E-state index contributed by atoms with van der Waals surface area (Å²) in [6.07, 6.45) is 0. The molecule has 0 unspecified atom stereocenters. The number of benzene rings is 2. The number of imide groups is 1. The number of fused-ring (bicyclic) bond motifs is 1. The molecule has 2 aliphatic heterocycles. The van der Waals surface area contributed by atoms with Gasteiger partial charge in [-0.05, 0) is 61.7 Å². The smallest absolute Gasteiger partial charge is 0.325 e. The van der Waals surface area contributed by atoms with Crippen LogP contribution in [0, 0.1) is 13.8 Å². The molecule has 150 valence electrons. The van der Waals surface area contributed by atoms with Crippen molar-refractivity contribution >= 4 is 23.5 Å². The van der Waals surface area contributed by atoms with Crippen molar-refractivity contribution in [2.45, 2.75) is 26.3 Å². The summed E-state index contributed by atoms with van der Waals surface area (Å²) in [7, 11) is 0. The minimum absolute atomic E-state index is 0.112. The van der Waals surface area contributed by atoms with Crippen LogP contribution >= 0.6 is 0 Å². The van der Waals surface area contributed by atoms with Gasteiger partial charge in [-0.15, -0.1) is 0 Å². The van der Waals surface area contributed by atoms with Gasteiger partial charge in [0.15, 0.2) is 11.5 Å². The molecule has 0 radical (unpaired) electrons. The summed E-state index contributed by atoms with van der Waals surface area (Å²) in [5.41, 5.74) is 1.89. The first-order valence-electron chi connectivity index (χ1n) is 9.19. The Hall–Kier alpha value is -3.55. The van der Waals surface area contributed by atoms with E-state index < -0.39 is 23.4 Å². The van der Waals surface area contributed by atoms with Crippen LogP contribution in [0.4, 0.5) is 10.5 Å². The molecule has 2 aromatic rings. The van der Waals surface area contributed by atoms with E-state index in [0.717, 1.165) is 16.0 Å². The highest BCUT2D eigenvalue weighted by Gasteiger charge is 2.49. The summed E-state index contributed by atoms with van der Waals surface area (Å²) in [5.74, 6) is 0.140. The van der Waals surface area contributed by atoms with Gasteiger partial charge >= 0.3 is 6.03 Å². The molecule has 0 bridgehead atoms. The van der Waals surface area contributed by atoms with Gasteiger partial charge in [-0.3, -0.25) is 14.5 Å². The van der Waals surface area contributed by atoms with Gasteiger partial charge in [0, 0.05) is 5.69 Å². The van der Waals surface area contributed by atoms with Crippen LogP contribution in [0.15, 0.2) is 36.4 Å². The van der Waals surface area contributed by atoms with Crippen molar-refractivity contribution in [1.82, 2.24) is 10.2 Å². The average molecular weight is 395 g/mol. The third-order valence-corrected chi connectivity index (χ3v) is 5.03. The molecule has 1 saturated heterocycles. The van der Waals surface area contributed by atoms with Gasteiger partial charge in [-0.25, -0.2) is 4.79 Å². The van der Waals surface area contributed by atoms with E-state index in [2.05, 4.69) is 10.6 Å². The lowest BCUT2D eigenvalue weighted by molar-refractivity contribution is -0.133. The van der Waals surface area contributed by atoms with Gasteiger partial charge in [0.1, 0.15) is 12.1 Å². The minimum atomic E-state index is -1.29. The Morgan fingerprint density at radius 2 is 1.79 bits per heavy atom. The maximum atomic E-state index is 13.0. The van der Waals surface area contributed by atoms with Crippen molar-refractivity contribution in [3.63, 3.8) is 0 Å². The normalized spacial score (nSPS) is 20.0. The number of carbonyl (C=O) groups excluding carboxylic acids is 3. The first-order valence-corrected chi connectivity index (χ1v) is 9.19. The van der Waals surface area contributed by atoms with Crippen LogP contribution in [0.3, 0.4) is 0 Å². The summed E-state index contributed by atoms with van der Waals surface area (Å²) in [4.78, 5) is 38.9. The van der Waals surface area contributed by atoms with Crippen molar-refractivity contribution in [2.24, 2.45) is 0 Å². The second-order valence-electron chi connectivity index (χ2n) is 7.44. The van der Waals surface area contributed by atoms with Gasteiger partial charge in [0.2, 0.25) is 12.7 Å². The van der Waals surface area contributed by atoms with Crippen LogP contribution in [0.2, 0.25) is 0 Å². The average Bonchev–Trinajstić information content (AvgIpc) is 3.19. The van der Waals surface area contributed by atoms with Crippen molar-refractivity contribution in [2.75, 3.05) is 18.7 Å². The number of nitrogens with one attached hydrogen (secondary N) is 2. The van der Waals surface area contributed by atoms with E-state index in [1.54, 1.807) is 25.1 Å². The van der Waals surface area contributed by atoms with Crippen LogP contribution in [-0.4, -0.2) is 36.1 Å². The fourth-order valence-corrected chi connectivity index (χ4v) is 3.63. The molecule has 2 heterocycles. The zero-order chi connectivity index (χ0) is 20.8. The third kappa shape index (κ3) is 3.37. The number of rotatable bonds is 4. The van der Waals surface area contributed by atoms with Gasteiger partial charge in [-0.1, -0.05) is 12.1 Å². The Morgan fingerprint density at radius 3 is 2.52 bits per heavy atom. The maximum absolute atomic E-state index is 13.0. The summed E-state index contributed by atoms with van der Waals surface area (Å²) < 4.78 is 10.6. The highest BCUT2D eigenvalue weighted by atomic mass is 16.7. The Labute approximate surface area is 167 Å². The lowest BCUT2D eigenvalue weighted by atomic mass is 9.91. The maximum Gasteiger partial charge on any atom is 0.325 e. The highest BCUT2D eigenvalue weighted by molar-refractivity contribution is 6.10. The zero-order valence-electron chi connectivity index (χ0n) is 16.4. The molecule has 1 atom stereocenters. The molecule has 29 heavy (non-hydrogen) atoms. The topological polar surface area (TPSA) is 97.0 Å². The number of carbonyl (C=O) groups is 3. The first kappa shape index (κ1) is 18.8. The Morgan fingerprint density at radius 1 is 1.10 bits per heavy atom. The SMILES string of the molecule is Cc1cc(C)cc(NC(=O)CN2C(=O)N[C@@](C)(c3ccc4c(c3)OCO4)C2=O)c1. The van der Waals surface area contributed by atoms with Crippen LogP contribution in [-0.2, 0) is 15.1 Å². The van der Waals surface area contributed by atoms with Gasteiger partial charge in [0.05, 0.1) is 0 Å². The molecule has 1 fully saturated rings. The summed E-state index contributed by atoms with van der Waals surface area (Å²) in [6, 6.07) is 10.1. The van der Waals surface area contributed by atoms with Crippen molar-refractivity contribution in [3.05, 3.63) is 53.1 Å². The predicted molar refractivity (Wildman–Crippen MR) is 105 cm³/mol. The number of hydrogen-bond acceptors (Lipinski definition) is 5. The Bertz CT molecular complexity index is 1010. The summed E-state index contributed by atoms with van der Waals surface area (Å²) >= 11 is 0. The molecular formula is C21H21N3O5. The van der Waals surface area contributed by atoms with Crippen molar-refractivity contribution in [1.29, 1.82) is 0 Å². The van der Waals surface area contributed by atoms with Crippen molar-refractivity contribution < 1.29 is 23.9 Å². The fourth-order valence-electron chi connectivity index (χ4n) is 3.63. The molecular weight excluding hydrogens is 374 g/mol. The molecule has 2 aliphatic rings. The fraction of sp³-hybridized carbons (Fsp3) is 0.286. The summed E-state index contributed by atoms with van der Waals surface area (Å²) in [6.45, 7) is 5.19. The van der Waals surface area contributed by atoms with Gasteiger partial charge in [0.25, 0.3) is 5.91 Å². The molecule has 4 amide bonds. The zero-order valence-corrected chi connectivity index (χ0v) is 16.4. The lowest BCUT2D eigenvalue weighted by Gasteiger charge is -2.22. The molecule has 0 spiro atoms. The van der Waals surface area contributed by atoms with E-state index >= 15 is 0 Å². The van der Waals surface area contributed by atoms with Crippen LogP contribution in [0.5, 0.6) is 11.5 Å². The highest BCUT2D eigenvalue weighted by Crippen LogP contribution is 2.37. The molecule has 0 aliphatic carbocycles. The van der Waals surface area contributed by atoms with E-state index in [1.807, 2.05) is 32.0 Å². The monoisotopic (exact) mass is 395 g/mol. The molecule has 8 heteroatoms. The van der Waals surface area contributed by atoms with E-state index in [4.69, 9.17) is 9.47 Å². The standard InChI is InChI=1S/C21H21N3O5/c1-12-6-13(2)8-15(7-12)22-18(25)10-24-19(26)21(3,23-20(24)27)14-4-5-16-17(9-14)29-11-28-16/h4-9H,10-11H2,1-3H3,(H,22,25)(H,23,27)/t21-/m0/s1. The number of nitrogens with zero attached hydrogens (tertiary/aromatic N) is 1. The van der Waals surface area contributed by atoms with Crippen LogP contribution < -0.4 is 20.1 Å². The van der Waals surface area contributed by atoms with E-state index in [9.17, 15) is 14.4 Å². The minimum Gasteiger partial charge on any atom is -0.454 e. The molecule has 2 N–H and O–H groups in total. The number of hydrogen-bond donors (Lipinski definition) is 2. The number of anilines is 1. The second-order valence-corrected chi connectivity index (χ2v) is 7.44. The van der Waals surface area contributed by atoms with Gasteiger partial charge < -0.3 is 20.1 Å². The first-order chi connectivity index (χ1) is 13.8. The molecule has 8 nitrogen and oxygen atoms in total. The summed E-state index contributed by atoms with van der Waals surface area (Å²) in [5, 5.41) is 5.43. The number of urea groups is 1. The number of ether oxygens (including phenoxy) is 2. The molecule has 0 saturated carbocycles. The Balaban J connectivity index is 1.51. The largest absolute Gasteiger partial charge is 0.454 e. The number of amides is 4. The molecule has 4 rings (SSSR count). The Kier molecular flexibility index (Phi) is 4.41. The predicted octanol–water partition coefficient (Wildman–Crippen LogP) is 2.44. The lowest BCUT2D eigenvalue weighted by Crippen LogP contribution is -2.42. The van der Waals surface area contributed by atoms with Gasteiger partial charge in [-0.2, -0.15) is 0 Å². The van der Waals surface area contributed by atoms with Crippen LogP contribution in [0.1, 0.15) is 23.6 Å². The quantitative estimate of drug-likeness (QED) is 0.775. The molecule has 0 aromatic heterocycles. The third-order valence-electron chi connectivity index (χ3n) is 5.03. The van der Waals surface area contributed by atoms with E-state index in [0.29, 0.717) is 22.7 Å². The van der Waals surface area contributed by atoms with Crippen LogP contribution in [0.25, 0.3) is 0 Å². The van der Waals surface area contributed by atoms with E-state index in [-0.39, 0.29) is 13.3 Å². The second kappa shape index (κ2) is 6.80.